The van der Waals surface area contributed by atoms with Gasteiger partial charge in [-0.15, -0.1) is 0 Å². The van der Waals surface area contributed by atoms with Crippen LogP contribution < -0.4 is 5.73 Å². The molecule has 2 N–H and O–H groups in total. The monoisotopic (exact) mass is 199 g/mol. The van der Waals surface area contributed by atoms with Gasteiger partial charge in [-0.05, 0) is 32.6 Å². The SMILES string of the molecule is CC(C)CCCC(=O)CCC(C)(C)N. The minimum atomic E-state index is -0.201. The van der Waals surface area contributed by atoms with E-state index in [-0.39, 0.29) is 5.54 Å². The Hall–Kier alpha value is -0.370. The van der Waals surface area contributed by atoms with Crippen LogP contribution in [0, 0.1) is 5.92 Å². The fourth-order valence-corrected chi connectivity index (χ4v) is 1.29. The smallest absolute Gasteiger partial charge is 0.132 e. The van der Waals surface area contributed by atoms with Crippen molar-refractivity contribution in [1.82, 2.24) is 0 Å². The molecular weight excluding hydrogens is 174 g/mol. The van der Waals surface area contributed by atoms with Gasteiger partial charge in [0.05, 0.1) is 0 Å². The molecule has 0 aliphatic rings. The van der Waals surface area contributed by atoms with Crippen LogP contribution in [-0.2, 0) is 4.79 Å². The number of rotatable bonds is 7. The third kappa shape index (κ3) is 9.72. The van der Waals surface area contributed by atoms with Gasteiger partial charge in [-0.1, -0.05) is 20.3 Å². The molecule has 0 atom stereocenters. The molecule has 0 heterocycles. The van der Waals surface area contributed by atoms with Crippen LogP contribution in [0.1, 0.15) is 59.8 Å². The van der Waals surface area contributed by atoms with Crippen LogP contribution in [0.4, 0.5) is 0 Å². The van der Waals surface area contributed by atoms with E-state index in [0.717, 1.165) is 25.7 Å². The second kappa shape index (κ2) is 6.18. The Balaban J connectivity index is 3.47. The molecule has 0 spiro atoms. The Morgan fingerprint density at radius 3 is 2.29 bits per heavy atom. The normalized spacial score (nSPS) is 12.1. The van der Waals surface area contributed by atoms with Crippen LogP contribution in [0.15, 0.2) is 0 Å². The summed E-state index contributed by atoms with van der Waals surface area (Å²) in [7, 11) is 0. The quantitative estimate of drug-likeness (QED) is 0.685. The van der Waals surface area contributed by atoms with Crippen molar-refractivity contribution in [1.29, 1.82) is 0 Å². The second-order valence-corrected chi connectivity index (χ2v) is 5.31. The van der Waals surface area contributed by atoms with E-state index >= 15 is 0 Å². The van der Waals surface area contributed by atoms with E-state index in [4.69, 9.17) is 5.73 Å². The summed E-state index contributed by atoms with van der Waals surface area (Å²) in [5.41, 5.74) is 5.61. The predicted octanol–water partition coefficient (Wildman–Crippen LogP) is 2.90. The predicted molar refractivity (Wildman–Crippen MR) is 61.2 cm³/mol. The number of hydrogen-bond donors (Lipinski definition) is 1. The summed E-state index contributed by atoms with van der Waals surface area (Å²) >= 11 is 0. The minimum Gasteiger partial charge on any atom is -0.326 e. The first-order valence-electron chi connectivity index (χ1n) is 5.62. The molecule has 14 heavy (non-hydrogen) atoms. The Bertz CT molecular complexity index is 168. The summed E-state index contributed by atoms with van der Waals surface area (Å²) in [5.74, 6) is 1.07. The molecule has 0 amide bonds. The van der Waals surface area contributed by atoms with Crippen LogP contribution in [0.5, 0.6) is 0 Å². The van der Waals surface area contributed by atoms with E-state index in [1.54, 1.807) is 0 Å². The standard InChI is InChI=1S/C12H25NO/c1-10(2)6-5-7-11(14)8-9-12(3,4)13/h10H,5-9,13H2,1-4H3. The van der Waals surface area contributed by atoms with Gasteiger partial charge >= 0.3 is 0 Å². The van der Waals surface area contributed by atoms with Crippen molar-refractivity contribution >= 4 is 5.78 Å². The Kier molecular flexibility index (Phi) is 6.01. The maximum atomic E-state index is 11.4. The third-order valence-electron chi connectivity index (χ3n) is 2.29. The van der Waals surface area contributed by atoms with Gasteiger partial charge in [-0.25, -0.2) is 0 Å². The molecule has 0 aliphatic carbocycles. The molecule has 0 bridgehead atoms. The molecule has 0 radical (unpaired) electrons. The maximum absolute atomic E-state index is 11.4. The third-order valence-corrected chi connectivity index (χ3v) is 2.29. The first-order chi connectivity index (χ1) is 6.31. The van der Waals surface area contributed by atoms with Crippen molar-refractivity contribution in [3.8, 4) is 0 Å². The molecule has 0 aliphatic heterocycles. The molecule has 2 nitrogen and oxygen atoms in total. The lowest BCUT2D eigenvalue weighted by atomic mass is 9.96. The Morgan fingerprint density at radius 1 is 1.29 bits per heavy atom. The molecule has 0 saturated carbocycles. The number of ketones is 1. The molecule has 84 valence electrons. The number of Topliss-reactive ketones (excluding diaryl/α,β-unsaturated/α-hetero) is 1. The van der Waals surface area contributed by atoms with E-state index in [9.17, 15) is 4.79 Å². The Labute approximate surface area is 88.3 Å². The van der Waals surface area contributed by atoms with Gasteiger partial charge in [0, 0.05) is 18.4 Å². The van der Waals surface area contributed by atoms with Crippen LogP contribution in [0.3, 0.4) is 0 Å². The van der Waals surface area contributed by atoms with Gasteiger partial charge in [0.2, 0.25) is 0 Å². The summed E-state index contributed by atoms with van der Waals surface area (Å²) in [6.45, 7) is 8.31. The van der Waals surface area contributed by atoms with Gasteiger partial charge < -0.3 is 5.73 Å². The summed E-state index contributed by atoms with van der Waals surface area (Å²) in [5, 5.41) is 0. The second-order valence-electron chi connectivity index (χ2n) is 5.31. The molecule has 0 rings (SSSR count). The average Bonchev–Trinajstić information content (AvgIpc) is 1.99. The van der Waals surface area contributed by atoms with Crippen molar-refractivity contribution in [3.05, 3.63) is 0 Å². The highest BCUT2D eigenvalue weighted by Gasteiger charge is 2.12. The number of carbonyl (C=O) groups excluding carboxylic acids is 1. The highest BCUT2D eigenvalue weighted by Crippen LogP contribution is 2.12. The summed E-state index contributed by atoms with van der Waals surface area (Å²) in [4.78, 5) is 11.4. The zero-order chi connectivity index (χ0) is 11.2. The topological polar surface area (TPSA) is 43.1 Å². The van der Waals surface area contributed by atoms with Crippen molar-refractivity contribution in [2.24, 2.45) is 11.7 Å². The van der Waals surface area contributed by atoms with E-state index in [2.05, 4.69) is 13.8 Å². The Morgan fingerprint density at radius 2 is 1.86 bits per heavy atom. The highest BCUT2D eigenvalue weighted by atomic mass is 16.1. The van der Waals surface area contributed by atoms with Crippen molar-refractivity contribution < 1.29 is 4.79 Å². The zero-order valence-corrected chi connectivity index (χ0v) is 10.1. The zero-order valence-electron chi connectivity index (χ0n) is 10.1. The lowest BCUT2D eigenvalue weighted by Gasteiger charge is -2.17. The van der Waals surface area contributed by atoms with Crippen molar-refractivity contribution in [3.63, 3.8) is 0 Å². The average molecular weight is 199 g/mol. The first kappa shape index (κ1) is 13.6. The van der Waals surface area contributed by atoms with Gasteiger partial charge in [0.15, 0.2) is 0 Å². The van der Waals surface area contributed by atoms with Gasteiger partial charge in [0.1, 0.15) is 5.78 Å². The summed E-state index contributed by atoms with van der Waals surface area (Å²) in [6.07, 6.45) is 4.35. The molecule has 0 aromatic heterocycles. The lowest BCUT2D eigenvalue weighted by Crippen LogP contribution is -2.32. The van der Waals surface area contributed by atoms with Crippen molar-refractivity contribution in [2.45, 2.75) is 65.3 Å². The molecule has 0 aromatic rings. The first-order valence-corrected chi connectivity index (χ1v) is 5.62. The van der Waals surface area contributed by atoms with Crippen LogP contribution in [-0.4, -0.2) is 11.3 Å². The van der Waals surface area contributed by atoms with Gasteiger partial charge in [-0.3, -0.25) is 4.79 Å². The van der Waals surface area contributed by atoms with Crippen LogP contribution in [0.25, 0.3) is 0 Å². The molecule has 2 heteroatoms. The lowest BCUT2D eigenvalue weighted by molar-refractivity contribution is -0.119. The van der Waals surface area contributed by atoms with Crippen LogP contribution >= 0.6 is 0 Å². The minimum absolute atomic E-state index is 0.201. The highest BCUT2D eigenvalue weighted by molar-refractivity contribution is 5.78. The number of hydrogen-bond acceptors (Lipinski definition) is 2. The molecule has 0 unspecified atom stereocenters. The molecule has 0 aromatic carbocycles. The molecular formula is C12H25NO. The molecule has 0 saturated heterocycles. The maximum Gasteiger partial charge on any atom is 0.132 e. The van der Waals surface area contributed by atoms with Gasteiger partial charge in [-0.2, -0.15) is 0 Å². The molecule has 0 fully saturated rings. The summed E-state index contributed by atoms with van der Waals surface area (Å²) < 4.78 is 0. The number of nitrogens with two attached hydrogens (primary N) is 1. The van der Waals surface area contributed by atoms with Gasteiger partial charge in [0.25, 0.3) is 0 Å². The van der Waals surface area contributed by atoms with E-state index < -0.39 is 0 Å². The fraction of sp³-hybridized carbons (Fsp3) is 0.917. The van der Waals surface area contributed by atoms with Crippen molar-refractivity contribution in [2.75, 3.05) is 0 Å². The number of carbonyl (C=O) groups is 1. The summed E-state index contributed by atoms with van der Waals surface area (Å²) in [6, 6.07) is 0. The van der Waals surface area contributed by atoms with E-state index in [1.807, 2.05) is 13.8 Å². The van der Waals surface area contributed by atoms with E-state index in [1.165, 1.54) is 0 Å². The largest absolute Gasteiger partial charge is 0.326 e. The van der Waals surface area contributed by atoms with Crippen LogP contribution in [0.2, 0.25) is 0 Å². The van der Waals surface area contributed by atoms with E-state index in [0.29, 0.717) is 18.1 Å². The fourth-order valence-electron chi connectivity index (χ4n) is 1.29.